The molecule has 0 aliphatic rings. The van der Waals surface area contributed by atoms with Crippen LogP contribution >= 0.6 is 0 Å². The van der Waals surface area contributed by atoms with Crippen molar-refractivity contribution in [3.8, 4) is 0 Å². The van der Waals surface area contributed by atoms with Crippen LogP contribution in [0.1, 0.15) is 20.3 Å². The molecule has 0 aliphatic heterocycles. The van der Waals surface area contributed by atoms with Crippen molar-refractivity contribution in [2.45, 2.75) is 36.7 Å². The Kier molecular flexibility index (Phi) is 5.58. The van der Waals surface area contributed by atoms with Crippen molar-refractivity contribution in [3.05, 3.63) is 24.3 Å². The summed E-state index contributed by atoms with van der Waals surface area (Å²) in [6.07, 6.45) is 0.940. The van der Waals surface area contributed by atoms with Gasteiger partial charge in [0.05, 0.1) is 11.4 Å². The van der Waals surface area contributed by atoms with Gasteiger partial charge in [-0.3, -0.25) is 0 Å². The molecule has 106 valence electrons. The summed E-state index contributed by atoms with van der Waals surface area (Å²) in [5, 5.41) is 0.263. The fraction of sp³-hybridized carbons (Fsp3) is 0.538. The van der Waals surface area contributed by atoms with E-state index in [4.69, 9.17) is 5.73 Å². The van der Waals surface area contributed by atoms with Crippen molar-refractivity contribution in [1.82, 2.24) is 4.72 Å². The molecule has 1 rings (SSSR count). The fourth-order valence-electron chi connectivity index (χ4n) is 1.49. The van der Waals surface area contributed by atoms with Crippen molar-refractivity contribution in [1.29, 1.82) is 0 Å². The summed E-state index contributed by atoms with van der Waals surface area (Å²) in [6.45, 7) is 7.21. The van der Waals surface area contributed by atoms with Gasteiger partial charge in [0.25, 0.3) is 0 Å². The van der Waals surface area contributed by atoms with Gasteiger partial charge < -0.3 is 5.73 Å². The molecule has 1 unspecified atom stereocenters. The predicted molar refractivity (Wildman–Crippen MR) is 83.9 cm³/mol. The van der Waals surface area contributed by atoms with Gasteiger partial charge in [-0.2, -0.15) is 0 Å². The zero-order valence-electron chi connectivity index (χ0n) is 12.1. The standard InChI is InChI=1S/C13H23N3OSSi/c1-13(2,19-4)9-10-16-18(17,15-3)12-7-5-11(14)6-8-12/h5-8H,9-10,14H2,1-4H3,(H,15,16,17). The molecule has 0 aliphatic carbocycles. The Bertz CT molecular complexity index is 519. The number of nitrogens with zero attached hydrogens (tertiary/aromatic N) is 1. The zero-order chi connectivity index (χ0) is 14.5. The molecular weight excluding hydrogens is 274 g/mol. The van der Waals surface area contributed by atoms with E-state index in [1.807, 2.05) is 0 Å². The number of nitrogens with two attached hydrogens (primary N) is 1. The maximum absolute atomic E-state index is 12.7. The molecule has 0 fully saturated rings. The molecular formula is C13H23N3OSSi. The molecule has 0 saturated heterocycles. The van der Waals surface area contributed by atoms with E-state index in [-0.39, 0.29) is 5.04 Å². The Morgan fingerprint density at radius 3 is 2.42 bits per heavy atom. The molecule has 1 atom stereocenters. The van der Waals surface area contributed by atoms with Crippen LogP contribution in [0.2, 0.25) is 11.6 Å². The molecule has 2 radical (unpaired) electrons. The molecule has 0 amide bonds. The topological polar surface area (TPSA) is 67.5 Å². The SMILES string of the molecule is CNS(=O)(=NCCC(C)(C)[Si]C)c1ccc(N)cc1. The monoisotopic (exact) mass is 297 g/mol. The maximum Gasteiger partial charge on any atom is 0.137 e. The van der Waals surface area contributed by atoms with Crippen LogP contribution in [0.3, 0.4) is 0 Å². The first-order valence-electron chi connectivity index (χ1n) is 6.29. The normalized spacial score (nSPS) is 14.9. The first kappa shape index (κ1) is 16.2. The average Bonchev–Trinajstić information content (AvgIpc) is 2.39. The summed E-state index contributed by atoms with van der Waals surface area (Å²) in [6, 6.07) is 7.03. The van der Waals surface area contributed by atoms with Gasteiger partial charge in [-0.05, 0) is 42.8 Å². The zero-order valence-corrected chi connectivity index (χ0v) is 13.9. The first-order chi connectivity index (χ1) is 8.83. The average molecular weight is 298 g/mol. The Balaban J connectivity index is 2.92. The summed E-state index contributed by atoms with van der Waals surface area (Å²) < 4.78 is 20.0. The van der Waals surface area contributed by atoms with E-state index >= 15 is 0 Å². The van der Waals surface area contributed by atoms with Crippen LogP contribution in [-0.2, 0) is 9.92 Å². The van der Waals surface area contributed by atoms with E-state index < -0.39 is 9.92 Å². The van der Waals surface area contributed by atoms with Gasteiger partial charge in [0.1, 0.15) is 9.92 Å². The summed E-state index contributed by atoms with van der Waals surface area (Å²) in [7, 11) is -0.00156. The van der Waals surface area contributed by atoms with E-state index in [0.717, 1.165) is 15.9 Å². The second kappa shape index (κ2) is 6.54. The van der Waals surface area contributed by atoms with Crippen LogP contribution in [0.25, 0.3) is 0 Å². The van der Waals surface area contributed by atoms with Gasteiger partial charge in [-0.1, -0.05) is 20.4 Å². The van der Waals surface area contributed by atoms with E-state index in [9.17, 15) is 4.21 Å². The lowest BCUT2D eigenvalue weighted by Crippen LogP contribution is -2.20. The summed E-state index contributed by atoms with van der Waals surface area (Å²) >= 11 is 0. The molecule has 1 aromatic rings. The van der Waals surface area contributed by atoms with Gasteiger partial charge in [-0.25, -0.2) is 13.3 Å². The highest BCUT2D eigenvalue weighted by Crippen LogP contribution is 2.27. The lowest BCUT2D eigenvalue weighted by molar-refractivity contribution is 0.612. The predicted octanol–water partition coefficient (Wildman–Crippen LogP) is 2.57. The minimum absolute atomic E-state index is 0.263. The largest absolute Gasteiger partial charge is 0.399 e. The Morgan fingerprint density at radius 1 is 1.37 bits per heavy atom. The van der Waals surface area contributed by atoms with Gasteiger partial charge in [-0.15, -0.1) is 0 Å². The molecule has 3 N–H and O–H groups in total. The Morgan fingerprint density at radius 2 is 1.95 bits per heavy atom. The third-order valence-electron chi connectivity index (χ3n) is 3.16. The van der Waals surface area contributed by atoms with E-state index in [1.165, 1.54) is 0 Å². The summed E-state index contributed by atoms with van der Waals surface area (Å²) in [5.41, 5.74) is 6.31. The summed E-state index contributed by atoms with van der Waals surface area (Å²) in [4.78, 5) is 0.681. The Labute approximate surface area is 119 Å². The van der Waals surface area contributed by atoms with Crippen LogP contribution in [0, 0.1) is 0 Å². The van der Waals surface area contributed by atoms with Crippen LogP contribution in [0.4, 0.5) is 5.69 Å². The van der Waals surface area contributed by atoms with Crippen LogP contribution < -0.4 is 10.5 Å². The second-order valence-corrected chi connectivity index (χ2v) is 9.08. The number of hydrogen-bond donors (Lipinski definition) is 2. The van der Waals surface area contributed by atoms with Gasteiger partial charge >= 0.3 is 0 Å². The van der Waals surface area contributed by atoms with Crippen LogP contribution in [0.15, 0.2) is 33.5 Å². The van der Waals surface area contributed by atoms with Gasteiger partial charge in [0.2, 0.25) is 0 Å². The molecule has 6 heteroatoms. The number of benzene rings is 1. The lowest BCUT2D eigenvalue weighted by Gasteiger charge is -2.20. The van der Waals surface area contributed by atoms with Crippen molar-refractivity contribution < 1.29 is 4.21 Å². The van der Waals surface area contributed by atoms with Crippen molar-refractivity contribution >= 4 is 25.1 Å². The van der Waals surface area contributed by atoms with E-state index in [0.29, 0.717) is 17.1 Å². The number of nitrogens with one attached hydrogen (secondary N) is 1. The second-order valence-electron chi connectivity index (χ2n) is 5.04. The summed E-state index contributed by atoms with van der Waals surface area (Å²) in [5.74, 6) is 0. The smallest absolute Gasteiger partial charge is 0.137 e. The molecule has 0 aromatic heterocycles. The highest BCUT2D eigenvalue weighted by molar-refractivity contribution is 7.91. The first-order valence-corrected chi connectivity index (χ1v) is 9.30. The highest BCUT2D eigenvalue weighted by Gasteiger charge is 2.16. The third kappa shape index (κ3) is 4.63. The number of hydrogen-bond acceptors (Lipinski definition) is 3. The van der Waals surface area contributed by atoms with Crippen LogP contribution in [-0.4, -0.2) is 27.3 Å². The van der Waals surface area contributed by atoms with E-state index in [1.54, 1.807) is 31.3 Å². The molecule has 0 heterocycles. The molecule has 0 bridgehead atoms. The molecule has 19 heavy (non-hydrogen) atoms. The van der Waals surface area contributed by atoms with Gasteiger partial charge in [0.15, 0.2) is 0 Å². The van der Waals surface area contributed by atoms with E-state index in [2.05, 4.69) is 29.5 Å². The van der Waals surface area contributed by atoms with Crippen molar-refractivity contribution in [3.63, 3.8) is 0 Å². The maximum atomic E-state index is 12.7. The lowest BCUT2D eigenvalue weighted by atomic mass is 10.1. The van der Waals surface area contributed by atoms with Crippen LogP contribution in [0.5, 0.6) is 0 Å². The highest BCUT2D eigenvalue weighted by atomic mass is 32.2. The van der Waals surface area contributed by atoms with Crippen molar-refractivity contribution in [2.24, 2.45) is 4.36 Å². The fourth-order valence-corrected chi connectivity index (χ4v) is 3.22. The molecule has 1 aromatic carbocycles. The number of nitrogen functional groups attached to an aromatic ring is 1. The minimum Gasteiger partial charge on any atom is -0.399 e. The molecule has 0 saturated carbocycles. The molecule has 0 spiro atoms. The molecule has 4 nitrogen and oxygen atoms in total. The van der Waals surface area contributed by atoms with Crippen molar-refractivity contribution in [2.75, 3.05) is 19.3 Å². The quantitative estimate of drug-likeness (QED) is 0.626. The minimum atomic E-state index is -2.53. The third-order valence-corrected chi connectivity index (χ3v) is 6.78. The number of anilines is 1. The van der Waals surface area contributed by atoms with Gasteiger partial charge in [0, 0.05) is 15.2 Å². The Hall–Kier alpha value is -0.853. The number of rotatable bonds is 6.